The van der Waals surface area contributed by atoms with Gasteiger partial charge in [0, 0.05) is 13.1 Å². The van der Waals surface area contributed by atoms with E-state index in [0.717, 1.165) is 19.3 Å². The number of hydrogen-bond donors (Lipinski definition) is 0. The molecule has 0 N–H and O–H groups in total. The molecule has 15 heavy (non-hydrogen) atoms. The second-order valence-electron chi connectivity index (χ2n) is 5.39. The molecule has 0 spiro atoms. The van der Waals surface area contributed by atoms with Crippen LogP contribution in [0.1, 0.15) is 47.0 Å². The minimum Gasteiger partial charge on any atom is -0.242 e. The summed E-state index contributed by atoms with van der Waals surface area (Å²) >= 11 is 0. The van der Waals surface area contributed by atoms with Gasteiger partial charge in [0.05, 0.1) is 15.7 Å². The van der Waals surface area contributed by atoms with Crippen LogP contribution in [0.3, 0.4) is 0 Å². The Kier molecular flexibility index (Phi) is 4.13. The molecule has 3 heteroatoms. The van der Waals surface area contributed by atoms with Gasteiger partial charge in [0.2, 0.25) is 0 Å². The predicted octanol–water partition coefficient (Wildman–Crippen LogP) is 2.88. The molecule has 1 rings (SSSR count). The topological polar surface area (TPSA) is 20.3 Å². The van der Waals surface area contributed by atoms with E-state index in [4.69, 9.17) is 0 Å². The molecule has 0 aliphatic heterocycles. The first-order chi connectivity index (χ1) is 6.82. The van der Waals surface area contributed by atoms with Gasteiger partial charge in [-0.05, 0) is 47.0 Å². The molecule has 0 radical (unpaired) electrons. The Morgan fingerprint density at radius 2 is 2.07 bits per heavy atom. The minimum absolute atomic E-state index is 0.149. The Labute approximate surface area is 96.3 Å². The van der Waals surface area contributed by atoms with Crippen LogP contribution in [0.2, 0.25) is 0 Å². The summed E-state index contributed by atoms with van der Waals surface area (Å²) in [6, 6.07) is 0.454. The maximum absolute atomic E-state index is 12.2. The van der Waals surface area contributed by atoms with Crippen LogP contribution in [-0.2, 0) is 11.0 Å². The van der Waals surface area contributed by atoms with Gasteiger partial charge in [-0.15, -0.1) is 0 Å². The van der Waals surface area contributed by atoms with E-state index in [1.54, 1.807) is 0 Å². The largest absolute Gasteiger partial charge is 0.242 e. The summed E-state index contributed by atoms with van der Waals surface area (Å²) in [5.41, 5.74) is 1.43. The zero-order chi connectivity index (χ0) is 11.6. The van der Waals surface area contributed by atoms with Crippen LogP contribution in [0.25, 0.3) is 0 Å². The molecule has 0 amide bonds. The van der Waals surface area contributed by atoms with Crippen LogP contribution >= 0.6 is 0 Å². The van der Waals surface area contributed by atoms with Gasteiger partial charge in [0.25, 0.3) is 0 Å². The minimum atomic E-state index is -0.888. The number of rotatable bonds is 2. The molecule has 2 atom stereocenters. The smallest absolute Gasteiger partial charge is 0.0997 e. The maximum Gasteiger partial charge on any atom is 0.0997 e. The third-order valence-electron chi connectivity index (χ3n) is 2.85. The average Bonchev–Trinajstić information content (AvgIpc) is 2.14. The lowest BCUT2D eigenvalue weighted by Crippen LogP contribution is -2.42. The van der Waals surface area contributed by atoms with Crippen molar-refractivity contribution in [3.05, 3.63) is 11.6 Å². The highest BCUT2D eigenvalue weighted by atomic mass is 32.2. The Balaban J connectivity index is 2.65. The lowest BCUT2D eigenvalue weighted by Gasteiger charge is -2.34. The zero-order valence-corrected chi connectivity index (χ0v) is 11.4. The van der Waals surface area contributed by atoms with Crippen LogP contribution < -0.4 is 0 Å². The van der Waals surface area contributed by atoms with E-state index in [0.29, 0.717) is 6.04 Å². The summed E-state index contributed by atoms with van der Waals surface area (Å²) in [5, 5.41) is 0. The molecule has 1 aliphatic rings. The second-order valence-corrected chi connectivity index (χ2v) is 7.69. The van der Waals surface area contributed by atoms with Crippen molar-refractivity contribution in [1.82, 2.24) is 4.31 Å². The van der Waals surface area contributed by atoms with Gasteiger partial charge in [-0.25, -0.2) is 8.51 Å². The highest BCUT2D eigenvalue weighted by Crippen LogP contribution is 2.25. The molecule has 0 heterocycles. The van der Waals surface area contributed by atoms with E-state index in [2.05, 4.69) is 17.3 Å². The molecule has 0 aromatic heterocycles. The SMILES string of the molecule is CC1=CCC[C@@H](N(C)S(=O)C(C)(C)C)C1. The van der Waals surface area contributed by atoms with Crippen molar-refractivity contribution < 1.29 is 4.21 Å². The molecule has 0 aromatic carbocycles. The van der Waals surface area contributed by atoms with Gasteiger partial charge in [-0.3, -0.25) is 0 Å². The van der Waals surface area contributed by atoms with E-state index < -0.39 is 11.0 Å². The molecule has 1 aliphatic carbocycles. The molecule has 1 unspecified atom stereocenters. The monoisotopic (exact) mass is 229 g/mol. The quantitative estimate of drug-likeness (QED) is 0.667. The summed E-state index contributed by atoms with van der Waals surface area (Å²) < 4.78 is 14.1. The highest BCUT2D eigenvalue weighted by Gasteiger charge is 2.29. The van der Waals surface area contributed by atoms with Gasteiger partial charge in [-0.2, -0.15) is 0 Å². The van der Waals surface area contributed by atoms with E-state index in [9.17, 15) is 4.21 Å². The predicted molar refractivity (Wildman–Crippen MR) is 67.1 cm³/mol. The van der Waals surface area contributed by atoms with E-state index in [1.165, 1.54) is 5.57 Å². The number of allylic oxidation sites excluding steroid dienone is 1. The van der Waals surface area contributed by atoms with Crippen molar-refractivity contribution in [3.63, 3.8) is 0 Å². The van der Waals surface area contributed by atoms with Gasteiger partial charge < -0.3 is 0 Å². The van der Waals surface area contributed by atoms with Crippen LogP contribution in [0.15, 0.2) is 11.6 Å². The fourth-order valence-electron chi connectivity index (χ4n) is 1.96. The molecule has 88 valence electrons. The van der Waals surface area contributed by atoms with E-state index >= 15 is 0 Å². The Bertz CT molecular complexity index is 278. The van der Waals surface area contributed by atoms with E-state index in [1.807, 2.05) is 27.8 Å². The van der Waals surface area contributed by atoms with Gasteiger partial charge in [-0.1, -0.05) is 11.6 Å². The standard InChI is InChI=1S/C12H23NOS/c1-10-7-6-8-11(9-10)13(5)15(14)12(2,3)4/h7,11H,6,8-9H2,1-5H3/t11-,15?/m1/s1. The molecular formula is C12H23NOS. The Hall–Kier alpha value is -0.150. The fourth-order valence-corrected chi connectivity index (χ4v) is 3.27. The van der Waals surface area contributed by atoms with Crippen LogP contribution in [0.5, 0.6) is 0 Å². The molecule has 0 saturated carbocycles. The van der Waals surface area contributed by atoms with Crippen molar-refractivity contribution in [2.24, 2.45) is 0 Å². The first-order valence-corrected chi connectivity index (χ1v) is 6.73. The molecule has 0 saturated heterocycles. The molecule has 0 aromatic rings. The highest BCUT2D eigenvalue weighted by molar-refractivity contribution is 7.84. The number of hydrogen-bond acceptors (Lipinski definition) is 1. The second kappa shape index (κ2) is 4.79. The van der Waals surface area contributed by atoms with Crippen molar-refractivity contribution >= 4 is 11.0 Å². The number of nitrogens with zero attached hydrogens (tertiary/aromatic N) is 1. The Morgan fingerprint density at radius 3 is 2.53 bits per heavy atom. The summed E-state index contributed by atoms with van der Waals surface area (Å²) in [6.45, 7) is 8.27. The molecular weight excluding hydrogens is 206 g/mol. The van der Waals surface area contributed by atoms with Crippen molar-refractivity contribution in [1.29, 1.82) is 0 Å². The lowest BCUT2D eigenvalue weighted by atomic mass is 9.96. The average molecular weight is 229 g/mol. The van der Waals surface area contributed by atoms with Gasteiger partial charge >= 0.3 is 0 Å². The molecule has 0 fully saturated rings. The van der Waals surface area contributed by atoms with Gasteiger partial charge in [0.1, 0.15) is 0 Å². The maximum atomic E-state index is 12.2. The molecule has 0 bridgehead atoms. The Morgan fingerprint density at radius 1 is 1.47 bits per heavy atom. The third-order valence-corrected chi connectivity index (χ3v) is 4.72. The summed E-state index contributed by atoms with van der Waals surface area (Å²) in [6.07, 6.45) is 5.63. The van der Waals surface area contributed by atoms with Crippen LogP contribution in [0.4, 0.5) is 0 Å². The summed E-state index contributed by atoms with van der Waals surface area (Å²) in [7, 11) is 1.10. The first kappa shape index (κ1) is 12.9. The van der Waals surface area contributed by atoms with Crippen LogP contribution in [0, 0.1) is 0 Å². The van der Waals surface area contributed by atoms with E-state index in [-0.39, 0.29) is 4.75 Å². The van der Waals surface area contributed by atoms with Crippen molar-refractivity contribution in [2.75, 3.05) is 7.05 Å². The van der Waals surface area contributed by atoms with Crippen molar-refractivity contribution in [2.45, 2.75) is 57.7 Å². The zero-order valence-electron chi connectivity index (χ0n) is 10.5. The molecule has 2 nitrogen and oxygen atoms in total. The first-order valence-electron chi connectivity index (χ1n) is 5.63. The normalized spacial score (nSPS) is 25.2. The van der Waals surface area contributed by atoms with Gasteiger partial charge in [0.15, 0.2) is 0 Å². The summed E-state index contributed by atoms with van der Waals surface area (Å²) in [4.78, 5) is 0. The summed E-state index contributed by atoms with van der Waals surface area (Å²) in [5.74, 6) is 0. The van der Waals surface area contributed by atoms with Crippen LogP contribution in [-0.4, -0.2) is 26.4 Å². The van der Waals surface area contributed by atoms with Crippen molar-refractivity contribution in [3.8, 4) is 0 Å². The lowest BCUT2D eigenvalue weighted by molar-refractivity contribution is 0.350. The fraction of sp³-hybridized carbons (Fsp3) is 0.833. The third kappa shape index (κ3) is 3.42.